The standard InChI is InChI=1S/C22H20N4O4S2/c1-14-11-16(24-21(27)23-15-7-6-8-17(12-15)30-2)13-19-20(14)25-22(31-19)26-32(28,29)18-9-4-3-5-10-18/h3-13H,1-2H3,(H,25,26)(H2,23,24,27). The third-order valence-electron chi connectivity index (χ3n) is 4.55. The molecule has 0 aliphatic heterocycles. The number of anilines is 3. The highest BCUT2D eigenvalue weighted by atomic mass is 32.2. The van der Waals surface area contributed by atoms with Gasteiger partial charge in [0.1, 0.15) is 5.75 Å². The Morgan fingerprint density at radius 3 is 2.47 bits per heavy atom. The van der Waals surface area contributed by atoms with Crippen LogP contribution >= 0.6 is 11.3 Å². The summed E-state index contributed by atoms with van der Waals surface area (Å²) in [6.45, 7) is 1.85. The van der Waals surface area contributed by atoms with Crippen molar-refractivity contribution >= 4 is 54.1 Å². The molecular formula is C22H20N4O4S2. The maximum atomic E-state index is 12.6. The van der Waals surface area contributed by atoms with Crippen molar-refractivity contribution in [2.75, 3.05) is 22.5 Å². The number of methoxy groups -OCH3 is 1. The molecule has 3 aromatic carbocycles. The Morgan fingerprint density at radius 1 is 0.969 bits per heavy atom. The minimum absolute atomic E-state index is 0.160. The molecule has 4 rings (SSSR count). The van der Waals surface area contributed by atoms with Crippen LogP contribution in [0.3, 0.4) is 0 Å². The van der Waals surface area contributed by atoms with E-state index in [2.05, 4.69) is 20.3 Å². The summed E-state index contributed by atoms with van der Waals surface area (Å²) >= 11 is 1.19. The summed E-state index contributed by atoms with van der Waals surface area (Å²) in [6, 6.07) is 18.3. The molecule has 0 bridgehead atoms. The second kappa shape index (κ2) is 8.85. The number of rotatable bonds is 6. The number of carbonyl (C=O) groups is 1. The van der Waals surface area contributed by atoms with Crippen molar-refractivity contribution in [3.8, 4) is 5.75 Å². The lowest BCUT2D eigenvalue weighted by atomic mass is 10.2. The smallest absolute Gasteiger partial charge is 0.323 e. The number of hydrogen-bond acceptors (Lipinski definition) is 6. The molecule has 3 N–H and O–H groups in total. The first-order valence-corrected chi connectivity index (χ1v) is 11.8. The van der Waals surface area contributed by atoms with Gasteiger partial charge < -0.3 is 15.4 Å². The zero-order valence-corrected chi connectivity index (χ0v) is 18.9. The summed E-state index contributed by atoms with van der Waals surface area (Å²) in [5.41, 5.74) is 2.63. The van der Waals surface area contributed by atoms with Gasteiger partial charge in [-0.15, -0.1) is 0 Å². The second-order valence-corrected chi connectivity index (χ2v) is 9.60. The number of nitrogens with zero attached hydrogens (tertiary/aromatic N) is 1. The van der Waals surface area contributed by atoms with Crippen LogP contribution in [0.2, 0.25) is 0 Å². The first-order chi connectivity index (χ1) is 15.3. The number of fused-ring (bicyclic) bond motifs is 1. The maximum absolute atomic E-state index is 12.6. The minimum atomic E-state index is -3.74. The molecule has 0 atom stereocenters. The fraction of sp³-hybridized carbons (Fsp3) is 0.0909. The molecule has 0 saturated carbocycles. The van der Waals surface area contributed by atoms with Crippen LogP contribution in [0.4, 0.5) is 21.3 Å². The second-order valence-electron chi connectivity index (χ2n) is 6.89. The third-order valence-corrected chi connectivity index (χ3v) is 6.95. The topological polar surface area (TPSA) is 109 Å². The van der Waals surface area contributed by atoms with E-state index in [1.165, 1.54) is 23.5 Å². The van der Waals surface area contributed by atoms with Gasteiger partial charge in [0.15, 0.2) is 5.13 Å². The molecule has 0 saturated heterocycles. The lowest BCUT2D eigenvalue weighted by molar-refractivity contribution is 0.262. The van der Waals surface area contributed by atoms with E-state index in [1.807, 2.05) is 6.92 Å². The molecule has 0 aliphatic rings. The molecular weight excluding hydrogens is 448 g/mol. The predicted molar refractivity (Wildman–Crippen MR) is 127 cm³/mol. The Morgan fingerprint density at radius 2 is 1.72 bits per heavy atom. The van der Waals surface area contributed by atoms with E-state index in [9.17, 15) is 13.2 Å². The lowest BCUT2D eigenvalue weighted by Gasteiger charge is -2.09. The average Bonchev–Trinajstić information content (AvgIpc) is 3.16. The van der Waals surface area contributed by atoms with Crippen LogP contribution in [0.1, 0.15) is 5.56 Å². The highest BCUT2D eigenvalue weighted by molar-refractivity contribution is 7.93. The van der Waals surface area contributed by atoms with Gasteiger partial charge in [-0.2, -0.15) is 0 Å². The van der Waals surface area contributed by atoms with Crippen molar-refractivity contribution in [1.82, 2.24) is 4.98 Å². The Hall–Kier alpha value is -3.63. The molecule has 0 radical (unpaired) electrons. The van der Waals surface area contributed by atoms with Gasteiger partial charge >= 0.3 is 6.03 Å². The number of benzene rings is 3. The molecule has 0 aliphatic carbocycles. The van der Waals surface area contributed by atoms with E-state index in [4.69, 9.17) is 4.74 Å². The Bertz CT molecular complexity index is 1390. The number of thiazole rings is 1. The zero-order valence-electron chi connectivity index (χ0n) is 17.2. The number of hydrogen-bond donors (Lipinski definition) is 3. The molecule has 0 unspecified atom stereocenters. The fourth-order valence-corrected chi connectivity index (χ4v) is 5.32. The van der Waals surface area contributed by atoms with Gasteiger partial charge in [0.2, 0.25) is 0 Å². The van der Waals surface area contributed by atoms with Crippen LogP contribution in [-0.2, 0) is 10.0 Å². The summed E-state index contributed by atoms with van der Waals surface area (Å²) in [5.74, 6) is 0.634. The van der Waals surface area contributed by atoms with Gasteiger partial charge in [0.05, 0.1) is 22.2 Å². The van der Waals surface area contributed by atoms with Crippen LogP contribution in [0.15, 0.2) is 71.6 Å². The largest absolute Gasteiger partial charge is 0.497 e. The van der Waals surface area contributed by atoms with Crippen LogP contribution in [0.5, 0.6) is 5.75 Å². The van der Waals surface area contributed by atoms with E-state index in [0.717, 1.165) is 10.3 Å². The molecule has 2 amide bonds. The summed E-state index contributed by atoms with van der Waals surface area (Å²) < 4.78 is 33.6. The summed E-state index contributed by atoms with van der Waals surface area (Å²) in [6.07, 6.45) is 0. The number of amides is 2. The number of urea groups is 1. The summed E-state index contributed by atoms with van der Waals surface area (Å²) in [5, 5.41) is 5.80. The van der Waals surface area contributed by atoms with Crippen molar-refractivity contribution in [1.29, 1.82) is 0 Å². The predicted octanol–water partition coefficient (Wildman–Crippen LogP) is 5.06. The van der Waals surface area contributed by atoms with Gasteiger partial charge in [-0.3, -0.25) is 4.72 Å². The van der Waals surface area contributed by atoms with Gasteiger partial charge in [-0.1, -0.05) is 35.6 Å². The van der Waals surface area contributed by atoms with E-state index in [-0.39, 0.29) is 10.0 Å². The Kier molecular flexibility index (Phi) is 5.97. The SMILES string of the molecule is COc1cccc(NC(=O)Nc2cc(C)c3nc(NS(=O)(=O)c4ccccc4)sc3c2)c1. The zero-order chi connectivity index (χ0) is 22.7. The highest BCUT2D eigenvalue weighted by Crippen LogP contribution is 2.32. The number of carbonyl (C=O) groups excluding carboxylic acids is 1. The number of ether oxygens (including phenoxy) is 1. The van der Waals surface area contributed by atoms with Gasteiger partial charge in [0.25, 0.3) is 10.0 Å². The average molecular weight is 469 g/mol. The molecule has 4 aromatic rings. The third kappa shape index (κ3) is 4.82. The number of aromatic nitrogens is 1. The van der Waals surface area contributed by atoms with Crippen molar-refractivity contribution < 1.29 is 17.9 Å². The first kappa shape index (κ1) is 21.6. The number of aryl methyl sites for hydroxylation is 1. The Balaban J connectivity index is 1.53. The van der Waals surface area contributed by atoms with Gasteiger partial charge in [-0.05, 0) is 48.9 Å². The van der Waals surface area contributed by atoms with Crippen molar-refractivity contribution in [2.24, 2.45) is 0 Å². The van der Waals surface area contributed by atoms with Gasteiger partial charge in [0, 0.05) is 17.4 Å². The summed E-state index contributed by atoms with van der Waals surface area (Å²) in [4.78, 5) is 17.0. The highest BCUT2D eigenvalue weighted by Gasteiger charge is 2.17. The molecule has 32 heavy (non-hydrogen) atoms. The Labute approximate surface area is 189 Å². The van der Waals surface area contributed by atoms with Crippen LogP contribution < -0.4 is 20.1 Å². The molecule has 1 heterocycles. The minimum Gasteiger partial charge on any atom is -0.497 e. The van der Waals surface area contributed by atoms with Crippen molar-refractivity contribution in [3.63, 3.8) is 0 Å². The molecule has 1 aromatic heterocycles. The maximum Gasteiger partial charge on any atom is 0.323 e. The first-order valence-electron chi connectivity index (χ1n) is 9.55. The van der Waals surface area contributed by atoms with Crippen molar-refractivity contribution in [3.05, 3.63) is 72.3 Å². The monoisotopic (exact) mass is 468 g/mol. The quantitative estimate of drug-likeness (QED) is 0.366. The summed E-state index contributed by atoms with van der Waals surface area (Å²) in [7, 11) is -2.18. The lowest BCUT2D eigenvalue weighted by Crippen LogP contribution is -2.19. The molecule has 0 spiro atoms. The van der Waals surface area contributed by atoms with E-state index < -0.39 is 16.1 Å². The van der Waals surface area contributed by atoms with Crippen LogP contribution in [0, 0.1) is 6.92 Å². The van der Waals surface area contributed by atoms with E-state index in [0.29, 0.717) is 22.6 Å². The van der Waals surface area contributed by atoms with E-state index >= 15 is 0 Å². The molecule has 0 fully saturated rings. The molecule has 8 nitrogen and oxygen atoms in total. The number of nitrogens with one attached hydrogen (secondary N) is 3. The normalized spacial score (nSPS) is 11.2. The van der Waals surface area contributed by atoms with Crippen LogP contribution in [-0.4, -0.2) is 26.5 Å². The van der Waals surface area contributed by atoms with Gasteiger partial charge in [-0.25, -0.2) is 18.2 Å². The number of sulfonamides is 1. The van der Waals surface area contributed by atoms with E-state index in [1.54, 1.807) is 61.7 Å². The van der Waals surface area contributed by atoms with Crippen LogP contribution in [0.25, 0.3) is 10.2 Å². The molecule has 164 valence electrons. The molecule has 10 heteroatoms. The fourth-order valence-electron chi connectivity index (χ4n) is 3.08. The van der Waals surface area contributed by atoms with Crippen molar-refractivity contribution in [2.45, 2.75) is 11.8 Å².